The minimum atomic E-state index is -0.00714. The van der Waals surface area contributed by atoms with Crippen LogP contribution in [-0.4, -0.2) is 53.1 Å². The Balaban J connectivity index is 2.13. The molecule has 0 aliphatic heterocycles. The molecule has 0 fully saturated rings. The highest BCUT2D eigenvalue weighted by Gasteiger charge is 2.06. The van der Waals surface area contributed by atoms with E-state index in [0.717, 1.165) is 6.42 Å². The lowest BCUT2D eigenvalue weighted by molar-refractivity contribution is -0.121. The van der Waals surface area contributed by atoms with Crippen LogP contribution in [0.4, 0.5) is 0 Å². The van der Waals surface area contributed by atoms with E-state index in [1.807, 2.05) is 6.07 Å². The lowest BCUT2D eigenvalue weighted by Crippen LogP contribution is -2.25. The number of carbonyl (C=O) groups is 1. The molecule has 0 aliphatic carbocycles. The molecule has 138 valence electrons. The number of hydrogen-bond acceptors (Lipinski definition) is 6. The number of amides is 1. The molecule has 0 aromatic heterocycles. The molecule has 0 radical (unpaired) electrons. The molecule has 0 heterocycles. The van der Waals surface area contributed by atoms with Crippen molar-refractivity contribution in [3.05, 3.63) is 23.8 Å². The molecule has 0 saturated carbocycles. The van der Waals surface area contributed by atoms with E-state index >= 15 is 0 Å². The van der Waals surface area contributed by atoms with Gasteiger partial charge in [-0.1, -0.05) is 0 Å². The van der Waals surface area contributed by atoms with Crippen LogP contribution in [0.25, 0.3) is 0 Å². The summed E-state index contributed by atoms with van der Waals surface area (Å²) in [5, 5.41) is 11.7. The van der Waals surface area contributed by atoms with Crippen molar-refractivity contribution in [1.29, 1.82) is 5.26 Å². The molecule has 0 bridgehead atoms. The smallest absolute Gasteiger partial charge is 0.220 e. The van der Waals surface area contributed by atoms with Crippen molar-refractivity contribution in [3.8, 4) is 17.6 Å². The highest BCUT2D eigenvalue weighted by Crippen LogP contribution is 2.27. The molecule has 0 aliphatic rings. The Bertz CT molecular complexity index is 557. The van der Waals surface area contributed by atoms with Gasteiger partial charge < -0.3 is 24.3 Å². The number of carbonyl (C=O) groups excluding carboxylic acids is 1. The summed E-state index contributed by atoms with van der Waals surface area (Å²) in [6, 6.07) is 7.03. The summed E-state index contributed by atoms with van der Waals surface area (Å²) in [7, 11) is 3.15. The Kier molecular flexibility index (Phi) is 10.8. The number of ether oxygens (including phenoxy) is 4. The van der Waals surface area contributed by atoms with Crippen LogP contribution in [0.1, 0.15) is 24.8 Å². The van der Waals surface area contributed by atoms with Gasteiger partial charge in [0.05, 0.1) is 38.6 Å². The first-order valence-electron chi connectivity index (χ1n) is 8.25. The fraction of sp³-hybridized carbons (Fsp3) is 0.556. The van der Waals surface area contributed by atoms with Crippen molar-refractivity contribution in [1.82, 2.24) is 5.32 Å². The van der Waals surface area contributed by atoms with Gasteiger partial charge in [-0.3, -0.25) is 4.79 Å². The van der Waals surface area contributed by atoms with Crippen molar-refractivity contribution in [2.45, 2.75) is 19.3 Å². The number of benzene rings is 1. The largest absolute Gasteiger partial charge is 0.493 e. The van der Waals surface area contributed by atoms with E-state index in [-0.39, 0.29) is 5.91 Å². The second-order valence-corrected chi connectivity index (χ2v) is 5.24. The normalized spacial score (nSPS) is 10.1. The third-order valence-corrected chi connectivity index (χ3v) is 3.32. The van der Waals surface area contributed by atoms with Crippen molar-refractivity contribution < 1.29 is 23.7 Å². The van der Waals surface area contributed by atoms with Gasteiger partial charge in [-0.05, 0) is 25.0 Å². The highest BCUT2D eigenvalue weighted by atomic mass is 16.5. The van der Waals surface area contributed by atoms with Crippen molar-refractivity contribution in [3.63, 3.8) is 0 Å². The molecule has 0 unspecified atom stereocenters. The summed E-state index contributed by atoms with van der Waals surface area (Å²) in [5.74, 6) is 1.07. The number of nitrogens with one attached hydrogen (secondary N) is 1. The molecule has 0 spiro atoms. The van der Waals surface area contributed by atoms with Crippen molar-refractivity contribution >= 4 is 5.91 Å². The molecule has 0 saturated heterocycles. The Morgan fingerprint density at radius 2 is 1.96 bits per heavy atom. The standard InChI is InChI=1S/C18H26N2O5/c1-22-11-12-24-9-4-8-20-18(21)5-3-10-25-16-7-6-15(14-19)13-17(16)23-2/h6-7,13H,3-5,8-12H2,1-2H3,(H,20,21). The Labute approximate surface area is 148 Å². The quantitative estimate of drug-likeness (QED) is 0.547. The van der Waals surface area contributed by atoms with Crippen LogP contribution in [0.3, 0.4) is 0 Å². The van der Waals surface area contributed by atoms with Gasteiger partial charge in [0.1, 0.15) is 0 Å². The maximum Gasteiger partial charge on any atom is 0.220 e. The van der Waals surface area contributed by atoms with Crippen LogP contribution in [0.2, 0.25) is 0 Å². The lowest BCUT2D eigenvalue weighted by Gasteiger charge is -2.11. The summed E-state index contributed by atoms with van der Waals surface area (Å²) in [5.41, 5.74) is 0.509. The Hall–Kier alpha value is -2.30. The fourth-order valence-corrected chi connectivity index (χ4v) is 2.01. The molecule has 1 N–H and O–H groups in total. The highest BCUT2D eigenvalue weighted by molar-refractivity contribution is 5.75. The number of rotatable bonds is 13. The van der Waals surface area contributed by atoms with Gasteiger partial charge in [0.15, 0.2) is 11.5 Å². The summed E-state index contributed by atoms with van der Waals surface area (Å²) >= 11 is 0. The lowest BCUT2D eigenvalue weighted by atomic mass is 10.2. The van der Waals surface area contributed by atoms with Crippen LogP contribution < -0.4 is 14.8 Å². The maximum atomic E-state index is 11.7. The van der Waals surface area contributed by atoms with Crippen LogP contribution in [0, 0.1) is 11.3 Å². The van der Waals surface area contributed by atoms with E-state index < -0.39 is 0 Å². The SMILES string of the molecule is COCCOCCCNC(=O)CCCOc1ccc(C#N)cc1OC. The third-order valence-electron chi connectivity index (χ3n) is 3.32. The second-order valence-electron chi connectivity index (χ2n) is 5.24. The maximum absolute atomic E-state index is 11.7. The first kappa shape index (κ1) is 20.7. The molecule has 0 atom stereocenters. The van der Waals surface area contributed by atoms with E-state index in [4.69, 9.17) is 24.2 Å². The third kappa shape index (κ3) is 8.94. The predicted octanol–water partition coefficient (Wildman–Crippen LogP) is 1.90. The van der Waals surface area contributed by atoms with Crippen LogP contribution in [0.5, 0.6) is 11.5 Å². The zero-order chi connectivity index (χ0) is 18.3. The molecule has 1 aromatic carbocycles. The molecule has 25 heavy (non-hydrogen) atoms. The van der Waals surface area contributed by atoms with E-state index in [1.165, 1.54) is 7.11 Å². The van der Waals surface area contributed by atoms with Crippen LogP contribution in [-0.2, 0) is 14.3 Å². The zero-order valence-electron chi connectivity index (χ0n) is 14.9. The summed E-state index contributed by atoms with van der Waals surface area (Å²) in [6.45, 7) is 2.74. The predicted molar refractivity (Wildman–Crippen MR) is 92.8 cm³/mol. The minimum absolute atomic E-state index is 0.00714. The number of hydrogen-bond donors (Lipinski definition) is 1. The van der Waals surface area contributed by atoms with E-state index in [9.17, 15) is 4.79 Å². The van der Waals surface area contributed by atoms with E-state index in [0.29, 0.717) is 62.9 Å². The topological polar surface area (TPSA) is 89.8 Å². The van der Waals surface area contributed by atoms with Crippen LogP contribution >= 0.6 is 0 Å². The minimum Gasteiger partial charge on any atom is -0.493 e. The molecule has 7 nitrogen and oxygen atoms in total. The monoisotopic (exact) mass is 350 g/mol. The summed E-state index contributed by atoms with van der Waals surface area (Å²) in [4.78, 5) is 11.7. The molecule has 7 heteroatoms. The van der Waals surface area contributed by atoms with Gasteiger partial charge in [0.25, 0.3) is 0 Å². The number of nitrogens with zero attached hydrogens (tertiary/aromatic N) is 1. The average molecular weight is 350 g/mol. The fourth-order valence-electron chi connectivity index (χ4n) is 2.01. The van der Waals surface area contributed by atoms with Gasteiger partial charge in [-0.15, -0.1) is 0 Å². The molecular formula is C18H26N2O5. The van der Waals surface area contributed by atoms with Gasteiger partial charge in [-0.2, -0.15) is 5.26 Å². The Morgan fingerprint density at radius 3 is 2.68 bits per heavy atom. The van der Waals surface area contributed by atoms with Crippen molar-refractivity contribution in [2.24, 2.45) is 0 Å². The number of nitriles is 1. The Morgan fingerprint density at radius 1 is 1.12 bits per heavy atom. The molecular weight excluding hydrogens is 324 g/mol. The van der Waals surface area contributed by atoms with Gasteiger partial charge in [0, 0.05) is 32.7 Å². The number of methoxy groups -OCH3 is 2. The molecule has 1 amide bonds. The zero-order valence-corrected chi connectivity index (χ0v) is 14.9. The summed E-state index contributed by atoms with van der Waals surface area (Å²) in [6.07, 6.45) is 1.76. The molecule has 1 rings (SSSR count). The van der Waals surface area contributed by atoms with E-state index in [2.05, 4.69) is 5.32 Å². The first-order valence-corrected chi connectivity index (χ1v) is 8.25. The van der Waals surface area contributed by atoms with Gasteiger partial charge >= 0.3 is 0 Å². The average Bonchev–Trinajstić information content (AvgIpc) is 2.64. The summed E-state index contributed by atoms with van der Waals surface area (Å²) < 4.78 is 21.0. The molecule has 1 aromatic rings. The first-order chi connectivity index (χ1) is 12.2. The van der Waals surface area contributed by atoms with Crippen LogP contribution in [0.15, 0.2) is 18.2 Å². The van der Waals surface area contributed by atoms with Gasteiger partial charge in [-0.25, -0.2) is 0 Å². The van der Waals surface area contributed by atoms with Crippen molar-refractivity contribution in [2.75, 3.05) is 47.2 Å². The van der Waals surface area contributed by atoms with Gasteiger partial charge in [0.2, 0.25) is 5.91 Å². The van der Waals surface area contributed by atoms with E-state index in [1.54, 1.807) is 25.3 Å². The second kappa shape index (κ2) is 13.0.